The fourth-order valence-corrected chi connectivity index (χ4v) is 8.37. The zero-order chi connectivity index (χ0) is 36.8. The van der Waals surface area contributed by atoms with Crippen LogP contribution in [-0.4, -0.2) is 14.7 Å². The molecule has 0 fully saturated rings. The molecule has 0 aromatic heterocycles. The predicted molar refractivity (Wildman–Crippen MR) is 218 cm³/mol. The minimum absolute atomic E-state index is 0.000138. The Labute approximate surface area is 299 Å². The summed E-state index contributed by atoms with van der Waals surface area (Å²) < 4.78 is 0. The van der Waals surface area contributed by atoms with Crippen LogP contribution in [0.25, 0.3) is 54.6 Å². The van der Waals surface area contributed by atoms with Crippen molar-refractivity contribution in [1.82, 2.24) is 0 Å². The standard InChI is InChI=1S/C46H54O3P/c1-43(2,3)33-19-17-28-23-36(39(45(7,8)9)26-31(28)21-33)37-25-30-15-13-14-16-35(30)41(42(37)50(47,48)49)38-24-29-18-20-34(44(4,5)6)22-32(29)27-40(38)46(10,11)12/h13-27,47-49H,1-12H3/q+1. The molecule has 0 radical (unpaired) electrons. The van der Waals surface area contributed by atoms with Gasteiger partial charge in [-0.15, -0.1) is 0 Å². The molecule has 0 saturated carbocycles. The van der Waals surface area contributed by atoms with Gasteiger partial charge in [0, 0.05) is 11.1 Å². The van der Waals surface area contributed by atoms with Gasteiger partial charge in [-0.1, -0.05) is 144 Å². The van der Waals surface area contributed by atoms with Crippen LogP contribution in [0.1, 0.15) is 105 Å². The van der Waals surface area contributed by atoms with Crippen LogP contribution in [0.3, 0.4) is 0 Å². The molecular formula is C46H54O3P+. The van der Waals surface area contributed by atoms with Crippen molar-refractivity contribution in [1.29, 1.82) is 0 Å². The molecule has 6 rings (SSSR count). The summed E-state index contributed by atoms with van der Waals surface area (Å²) in [5.41, 5.74) is 7.23. The molecule has 3 nitrogen and oxygen atoms in total. The molecule has 0 heterocycles. The molecule has 0 bridgehead atoms. The van der Waals surface area contributed by atoms with Crippen molar-refractivity contribution in [2.75, 3.05) is 0 Å². The van der Waals surface area contributed by atoms with Crippen molar-refractivity contribution in [3.05, 3.63) is 113 Å². The van der Waals surface area contributed by atoms with Gasteiger partial charge in [0.15, 0.2) is 5.30 Å². The van der Waals surface area contributed by atoms with Crippen molar-refractivity contribution in [3.8, 4) is 22.3 Å². The van der Waals surface area contributed by atoms with E-state index in [0.717, 1.165) is 54.6 Å². The number of hydrogen-bond acceptors (Lipinski definition) is 3. The minimum atomic E-state index is -4.60. The first-order valence-corrected chi connectivity index (χ1v) is 19.4. The quantitative estimate of drug-likeness (QED) is 0.163. The van der Waals surface area contributed by atoms with Gasteiger partial charge in [0.1, 0.15) is 0 Å². The molecule has 0 amide bonds. The first-order valence-electron chi connectivity index (χ1n) is 17.8. The van der Waals surface area contributed by atoms with Gasteiger partial charge in [-0.3, -0.25) is 0 Å². The lowest BCUT2D eigenvalue weighted by molar-refractivity contribution is 0.347. The molecular weight excluding hydrogens is 631 g/mol. The maximum absolute atomic E-state index is 11.6. The summed E-state index contributed by atoms with van der Waals surface area (Å²) in [6.45, 7) is 26.5. The van der Waals surface area contributed by atoms with E-state index in [4.69, 9.17) is 0 Å². The average molecular weight is 686 g/mol. The van der Waals surface area contributed by atoms with E-state index in [9.17, 15) is 14.7 Å². The second-order valence-electron chi connectivity index (χ2n) is 18.4. The van der Waals surface area contributed by atoms with Gasteiger partial charge in [-0.05, 0) is 118 Å². The maximum Gasteiger partial charge on any atom is 0.442 e. The van der Waals surface area contributed by atoms with E-state index < -0.39 is 7.94 Å². The van der Waals surface area contributed by atoms with Gasteiger partial charge in [-0.2, -0.15) is 14.7 Å². The van der Waals surface area contributed by atoms with Crippen molar-refractivity contribution >= 4 is 45.6 Å². The first kappa shape index (κ1) is 36.2. The van der Waals surface area contributed by atoms with Crippen LogP contribution in [0.4, 0.5) is 0 Å². The highest BCUT2D eigenvalue weighted by molar-refractivity contribution is 7.67. The van der Waals surface area contributed by atoms with Crippen LogP contribution in [-0.2, 0) is 21.7 Å². The Hall–Kier alpha value is -3.59. The van der Waals surface area contributed by atoms with Crippen molar-refractivity contribution in [2.24, 2.45) is 0 Å². The van der Waals surface area contributed by atoms with Crippen molar-refractivity contribution < 1.29 is 14.7 Å². The fraction of sp³-hybridized carbons (Fsp3) is 0.348. The molecule has 260 valence electrons. The number of fused-ring (bicyclic) bond motifs is 3. The number of rotatable bonds is 3. The summed E-state index contributed by atoms with van der Waals surface area (Å²) in [4.78, 5) is 34.9. The molecule has 0 aliphatic rings. The molecule has 0 unspecified atom stereocenters. The van der Waals surface area contributed by atoms with E-state index in [1.165, 1.54) is 11.1 Å². The fourth-order valence-electron chi connectivity index (χ4n) is 7.33. The Morgan fingerprint density at radius 3 is 1.30 bits per heavy atom. The molecule has 0 spiro atoms. The second kappa shape index (κ2) is 12.0. The molecule has 50 heavy (non-hydrogen) atoms. The zero-order valence-electron chi connectivity index (χ0n) is 31.9. The van der Waals surface area contributed by atoms with Crippen LogP contribution in [0.15, 0.2) is 91.0 Å². The first-order chi connectivity index (χ1) is 22.9. The van der Waals surface area contributed by atoms with Crippen molar-refractivity contribution in [3.63, 3.8) is 0 Å². The summed E-state index contributed by atoms with van der Waals surface area (Å²) in [6.07, 6.45) is 0. The molecule has 6 aromatic carbocycles. The van der Waals surface area contributed by atoms with Gasteiger partial charge in [0.05, 0.1) is 0 Å². The van der Waals surface area contributed by atoms with E-state index in [2.05, 4.69) is 150 Å². The highest BCUT2D eigenvalue weighted by Gasteiger charge is 2.43. The summed E-state index contributed by atoms with van der Waals surface area (Å²) >= 11 is 0. The van der Waals surface area contributed by atoms with E-state index in [0.29, 0.717) is 11.1 Å². The van der Waals surface area contributed by atoms with Crippen LogP contribution in [0.2, 0.25) is 0 Å². The summed E-state index contributed by atoms with van der Waals surface area (Å²) in [7, 11) is -4.60. The average Bonchev–Trinajstić information content (AvgIpc) is 2.99. The molecule has 0 aliphatic carbocycles. The largest absolute Gasteiger partial charge is 0.442 e. The lowest BCUT2D eigenvalue weighted by atomic mass is 9.77. The third-order valence-corrected chi connectivity index (χ3v) is 11.2. The highest BCUT2D eigenvalue weighted by atomic mass is 31.2. The van der Waals surface area contributed by atoms with Crippen LogP contribution in [0.5, 0.6) is 0 Å². The normalized spacial score (nSPS) is 13.5. The molecule has 0 atom stereocenters. The van der Waals surface area contributed by atoms with E-state index in [-0.39, 0.29) is 27.0 Å². The Bertz CT molecular complexity index is 2280. The van der Waals surface area contributed by atoms with Crippen LogP contribution >= 0.6 is 7.94 Å². The third-order valence-electron chi connectivity index (χ3n) is 10.2. The lowest BCUT2D eigenvalue weighted by Gasteiger charge is -2.29. The Kier molecular flexibility index (Phi) is 8.69. The highest BCUT2D eigenvalue weighted by Crippen LogP contribution is 2.53. The maximum atomic E-state index is 11.6. The van der Waals surface area contributed by atoms with Gasteiger partial charge in [0.25, 0.3) is 0 Å². The molecule has 3 N–H and O–H groups in total. The predicted octanol–water partition coefficient (Wildman–Crippen LogP) is 12.0. The minimum Gasteiger partial charge on any atom is -0.189 e. The molecule has 0 aliphatic heterocycles. The monoisotopic (exact) mass is 685 g/mol. The van der Waals surface area contributed by atoms with Gasteiger partial charge in [-0.25, -0.2) is 0 Å². The number of benzene rings is 6. The van der Waals surface area contributed by atoms with Gasteiger partial charge >= 0.3 is 7.94 Å². The zero-order valence-corrected chi connectivity index (χ0v) is 32.8. The third kappa shape index (κ3) is 6.74. The Morgan fingerprint density at radius 2 is 0.840 bits per heavy atom. The van der Waals surface area contributed by atoms with Crippen LogP contribution < -0.4 is 5.30 Å². The van der Waals surface area contributed by atoms with E-state index in [1.54, 1.807) is 0 Å². The Balaban J connectivity index is 1.79. The second-order valence-corrected chi connectivity index (χ2v) is 19.9. The SMILES string of the molecule is CC(C)(C)c1ccc2cc(-c3cc4ccccc4c(-c4cc5ccc(C(C)(C)C)cc5cc4C(C)(C)C)c3[P+](O)(O)O)c(C(C)(C)C)cc2c1. The number of hydrogen-bond donors (Lipinski definition) is 3. The van der Waals surface area contributed by atoms with Crippen LogP contribution in [0, 0.1) is 0 Å². The van der Waals surface area contributed by atoms with E-state index >= 15 is 0 Å². The van der Waals surface area contributed by atoms with Gasteiger partial charge < -0.3 is 0 Å². The smallest absolute Gasteiger partial charge is 0.189 e. The molecule has 4 heteroatoms. The van der Waals surface area contributed by atoms with Gasteiger partial charge in [0.2, 0.25) is 0 Å². The summed E-state index contributed by atoms with van der Waals surface area (Å²) in [6, 6.07) is 32.3. The summed E-state index contributed by atoms with van der Waals surface area (Å²) in [5, 5.41) is 6.46. The topological polar surface area (TPSA) is 60.7 Å². The van der Waals surface area contributed by atoms with E-state index in [1.807, 2.05) is 24.3 Å². The summed E-state index contributed by atoms with van der Waals surface area (Å²) in [5.74, 6) is 0. The van der Waals surface area contributed by atoms with Crippen molar-refractivity contribution in [2.45, 2.75) is 105 Å². The Morgan fingerprint density at radius 1 is 0.400 bits per heavy atom. The lowest BCUT2D eigenvalue weighted by Crippen LogP contribution is -2.21. The molecule has 0 saturated heterocycles. The molecule has 6 aromatic rings.